The minimum atomic E-state index is -1.66. The van der Waals surface area contributed by atoms with Crippen LogP contribution in [0, 0.1) is 5.41 Å². The highest BCUT2D eigenvalue weighted by atomic mass is 32.2. The molecule has 2 rings (SSSR count). The molecule has 2 heterocycles. The van der Waals surface area contributed by atoms with Crippen molar-refractivity contribution >= 4 is 35.3 Å². The van der Waals surface area contributed by atoms with Crippen LogP contribution in [0.15, 0.2) is 11.4 Å². The number of ether oxygens (including phenoxy) is 2. The summed E-state index contributed by atoms with van der Waals surface area (Å²) >= 11 is 1.36. The second-order valence-electron chi connectivity index (χ2n) is 5.72. The molecule has 0 aromatic carbocycles. The smallest absolute Gasteiger partial charge is 0.322 e. The van der Waals surface area contributed by atoms with Gasteiger partial charge < -0.3 is 14.4 Å². The number of esters is 2. The Balaban J connectivity index is 2.55. The number of ketones is 1. The van der Waals surface area contributed by atoms with Crippen molar-refractivity contribution in [2.45, 2.75) is 32.3 Å². The monoisotopic (exact) mass is 381 g/mol. The van der Waals surface area contributed by atoms with Gasteiger partial charge >= 0.3 is 11.9 Å². The van der Waals surface area contributed by atoms with E-state index in [0.29, 0.717) is 17.5 Å². The quantitative estimate of drug-likeness (QED) is 0.302. The van der Waals surface area contributed by atoms with E-state index in [0.717, 1.165) is 0 Å². The fourth-order valence-electron chi connectivity index (χ4n) is 2.94. The first kappa shape index (κ1) is 20.2. The highest BCUT2D eigenvalue weighted by Crippen LogP contribution is 2.39. The van der Waals surface area contributed by atoms with Crippen molar-refractivity contribution < 1.29 is 23.9 Å². The number of carbonyl (C=O) groups is 3. The molecule has 0 saturated carbocycles. The lowest BCUT2D eigenvalue weighted by molar-refractivity contribution is -0.158. The number of thioether (sulfide) groups is 1. The highest BCUT2D eigenvalue weighted by molar-refractivity contribution is 7.98. The average molecular weight is 381 g/mol. The van der Waals surface area contributed by atoms with E-state index in [-0.39, 0.29) is 31.7 Å². The minimum Gasteiger partial charge on any atom is -0.466 e. The Morgan fingerprint density at radius 3 is 2.54 bits per heavy atom. The zero-order valence-electron chi connectivity index (χ0n) is 15.4. The Labute approximate surface area is 156 Å². The lowest BCUT2D eigenvalue weighted by atomic mass is 9.74. The number of aromatic nitrogens is 2. The van der Waals surface area contributed by atoms with Crippen LogP contribution in [-0.2, 0) is 19.1 Å². The molecule has 0 bridgehead atoms. The molecule has 0 fully saturated rings. The molecule has 1 aromatic heterocycles. The fourth-order valence-corrected chi connectivity index (χ4v) is 3.28. The van der Waals surface area contributed by atoms with Gasteiger partial charge in [0.1, 0.15) is 5.82 Å². The van der Waals surface area contributed by atoms with Crippen molar-refractivity contribution in [3.8, 4) is 0 Å². The maximum atomic E-state index is 13.2. The summed E-state index contributed by atoms with van der Waals surface area (Å²) in [5.41, 5.74) is -1.44. The molecular formula is C17H23N3O5S. The Bertz CT molecular complexity index is 712. The molecule has 1 aromatic rings. The summed E-state index contributed by atoms with van der Waals surface area (Å²) in [7, 11) is 0. The van der Waals surface area contributed by atoms with Crippen LogP contribution in [0.1, 0.15) is 37.6 Å². The molecule has 8 nitrogen and oxygen atoms in total. The minimum absolute atomic E-state index is 0.0117. The summed E-state index contributed by atoms with van der Waals surface area (Å²) in [6, 6.07) is 0. The predicted octanol–water partition coefficient (Wildman–Crippen LogP) is 1.72. The van der Waals surface area contributed by atoms with Gasteiger partial charge in [0.25, 0.3) is 0 Å². The maximum absolute atomic E-state index is 13.2. The Morgan fingerprint density at radius 2 is 1.96 bits per heavy atom. The number of carbonyl (C=O) groups excluding carboxylic acids is 3. The van der Waals surface area contributed by atoms with Gasteiger partial charge in [0.05, 0.1) is 25.2 Å². The number of anilines is 1. The molecule has 1 aliphatic heterocycles. The van der Waals surface area contributed by atoms with Crippen molar-refractivity contribution in [1.82, 2.24) is 9.97 Å². The van der Waals surface area contributed by atoms with Gasteiger partial charge in [0.2, 0.25) is 0 Å². The molecule has 26 heavy (non-hydrogen) atoms. The van der Waals surface area contributed by atoms with Crippen LogP contribution >= 0.6 is 11.8 Å². The Hall–Kier alpha value is -2.16. The van der Waals surface area contributed by atoms with Crippen molar-refractivity contribution in [2.75, 3.05) is 37.5 Å². The van der Waals surface area contributed by atoms with Gasteiger partial charge in [-0.1, -0.05) is 11.8 Å². The molecule has 0 radical (unpaired) electrons. The third kappa shape index (κ3) is 3.67. The van der Waals surface area contributed by atoms with Crippen LogP contribution in [0.3, 0.4) is 0 Å². The summed E-state index contributed by atoms with van der Waals surface area (Å²) in [6.07, 6.45) is 2.88. The van der Waals surface area contributed by atoms with E-state index in [4.69, 9.17) is 9.47 Å². The maximum Gasteiger partial charge on any atom is 0.322 e. The first-order valence-electron chi connectivity index (χ1n) is 8.47. The van der Waals surface area contributed by atoms with Gasteiger partial charge in [-0.25, -0.2) is 9.97 Å². The Kier molecular flexibility index (Phi) is 6.57. The largest absolute Gasteiger partial charge is 0.466 e. The van der Waals surface area contributed by atoms with Crippen LogP contribution in [-0.4, -0.2) is 60.2 Å². The van der Waals surface area contributed by atoms with Crippen molar-refractivity contribution in [3.05, 3.63) is 11.8 Å². The van der Waals surface area contributed by atoms with E-state index in [9.17, 15) is 14.4 Å². The summed E-state index contributed by atoms with van der Waals surface area (Å²) < 4.78 is 10.1. The molecule has 9 heteroatoms. The summed E-state index contributed by atoms with van der Waals surface area (Å²) in [5, 5.41) is 0.532. The SMILES string of the molecule is CCOC(=O)CC1(C(=O)OCC)CN(CC)c2nc(SC)ncc2C1=O. The van der Waals surface area contributed by atoms with Gasteiger partial charge in [0.15, 0.2) is 16.4 Å². The average Bonchev–Trinajstić information content (AvgIpc) is 2.64. The lowest BCUT2D eigenvalue weighted by Crippen LogP contribution is -2.55. The summed E-state index contributed by atoms with van der Waals surface area (Å²) in [6.45, 7) is 6.01. The number of hydrogen-bond donors (Lipinski definition) is 0. The van der Waals surface area contributed by atoms with Gasteiger partial charge in [-0.2, -0.15) is 0 Å². The molecule has 0 N–H and O–H groups in total. The number of fused-ring (bicyclic) bond motifs is 1. The topological polar surface area (TPSA) is 98.7 Å². The van der Waals surface area contributed by atoms with Gasteiger partial charge in [-0.15, -0.1) is 0 Å². The number of nitrogens with zero attached hydrogens (tertiary/aromatic N) is 3. The third-order valence-corrected chi connectivity index (χ3v) is 4.73. The summed E-state index contributed by atoms with van der Waals surface area (Å²) in [5.74, 6) is -1.37. The second kappa shape index (κ2) is 8.48. The van der Waals surface area contributed by atoms with Crippen molar-refractivity contribution in [1.29, 1.82) is 0 Å². The van der Waals surface area contributed by atoms with Gasteiger partial charge in [-0.3, -0.25) is 14.4 Å². The second-order valence-corrected chi connectivity index (χ2v) is 6.50. The first-order chi connectivity index (χ1) is 12.4. The van der Waals surface area contributed by atoms with E-state index in [1.54, 1.807) is 18.7 Å². The molecular weight excluding hydrogens is 358 g/mol. The van der Waals surface area contributed by atoms with E-state index in [1.165, 1.54) is 18.0 Å². The predicted molar refractivity (Wildman–Crippen MR) is 96.3 cm³/mol. The van der Waals surface area contributed by atoms with Gasteiger partial charge in [-0.05, 0) is 27.0 Å². The number of hydrogen-bond acceptors (Lipinski definition) is 9. The first-order valence-corrected chi connectivity index (χ1v) is 9.69. The molecule has 0 aliphatic carbocycles. The molecule has 0 saturated heterocycles. The number of Topliss-reactive ketones (excluding diaryl/α,β-unsaturated/α-hetero) is 1. The highest BCUT2D eigenvalue weighted by Gasteiger charge is 2.54. The molecule has 0 spiro atoms. The zero-order chi connectivity index (χ0) is 19.3. The third-order valence-electron chi connectivity index (χ3n) is 4.17. The lowest BCUT2D eigenvalue weighted by Gasteiger charge is -2.39. The van der Waals surface area contributed by atoms with E-state index in [2.05, 4.69) is 9.97 Å². The van der Waals surface area contributed by atoms with Crippen LogP contribution in [0.25, 0.3) is 0 Å². The molecule has 142 valence electrons. The molecule has 1 unspecified atom stereocenters. The normalized spacial score (nSPS) is 19.1. The van der Waals surface area contributed by atoms with Crippen LogP contribution < -0.4 is 4.90 Å². The fraction of sp³-hybridized carbons (Fsp3) is 0.588. The van der Waals surface area contributed by atoms with E-state index < -0.39 is 23.1 Å². The molecule has 1 atom stereocenters. The molecule has 1 aliphatic rings. The van der Waals surface area contributed by atoms with Crippen LogP contribution in [0.4, 0.5) is 5.82 Å². The van der Waals surface area contributed by atoms with Gasteiger partial charge in [0, 0.05) is 19.3 Å². The zero-order valence-corrected chi connectivity index (χ0v) is 16.2. The van der Waals surface area contributed by atoms with Crippen LogP contribution in [0.5, 0.6) is 0 Å². The summed E-state index contributed by atoms with van der Waals surface area (Å²) in [4.78, 5) is 48.5. The van der Waals surface area contributed by atoms with E-state index >= 15 is 0 Å². The van der Waals surface area contributed by atoms with Crippen LogP contribution in [0.2, 0.25) is 0 Å². The number of rotatable bonds is 7. The molecule has 0 amide bonds. The Morgan fingerprint density at radius 1 is 1.27 bits per heavy atom. The van der Waals surface area contributed by atoms with Crippen molar-refractivity contribution in [3.63, 3.8) is 0 Å². The standard InChI is InChI=1S/C17H23N3O5S/c1-5-20-10-17(15(23)25-7-3,8-12(21)24-6-2)13(22)11-9-18-16(26-4)19-14(11)20/h9H,5-8,10H2,1-4H3. The van der Waals surface area contributed by atoms with E-state index in [1.807, 2.05) is 13.2 Å². The van der Waals surface area contributed by atoms with Crippen molar-refractivity contribution in [2.24, 2.45) is 5.41 Å².